The Labute approximate surface area is 113 Å². The number of allylic oxidation sites excluding steroid dienone is 4. The predicted molar refractivity (Wildman–Crippen MR) is 59.1 cm³/mol. The van der Waals surface area contributed by atoms with Gasteiger partial charge in [-0.1, -0.05) is 33.1 Å². The Morgan fingerprint density at radius 3 is 1.85 bits per heavy atom. The molecule has 0 saturated heterocycles. The van der Waals surface area contributed by atoms with Gasteiger partial charge in [-0.2, -0.15) is 11.6 Å². The molecule has 0 spiro atoms. The molecule has 0 nitrogen and oxygen atoms in total. The van der Waals surface area contributed by atoms with Crippen LogP contribution >= 0.6 is 24.8 Å². The van der Waals surface area contributed by atoms with E-state index in [1.807, 2.05) is 0 Å². The molecule has 0 N–H and O–H groups in total. The maximum absolute atomic E-state index is 3.30. The fourth-order valence-electron chi connectivity index (χ4n) is 1.42. The van der Waals surface area contributed by atoms with Crippen molar-refractivity contribution in [3.8, 4) is 0 Å². The van der Waals surface area contributed by atoms with Crippen LogP contribution in [0.3, 0.4) is 0 Å². The number of hydrogen-bond acceptors (Lipinski definition) is 0. The van der Waals surface area contributed by atoms with E-state index in [1.54, 1.807) is 0 Å². The minimum atomic E-state index is 0. The van der Waals surface area contributed by atoms with Crippen molar-refractivity contribution in [2.45, 2.75) is 34.1 Å². The first-order valence-electron chi connectivity index (χ1n) is 3.80. The molecule has 3 heteroatoms. The van der Waals surface area contributed by atoms with Crippen molar-refractivity contribution in [1.29, 1.82) is 0 Å². The van der Waals surface area contributed by atoms with Crippen LogP contribution in [-0.4, -0.2) is 0 Å². The van der Waals surface area contributed by atoms with Gasteiger partial charge < -0.3 is 0 Å². The summed E-state index contributed by atoms with van der Waals surface area (Å²) >= 11 is 0. The Bertz CT molecular complexity index is 199. The third-order valence-electron chi connectivity index (χ3n) is 1.89. The first-order valence-corrected chi connectivity index (χ1v) is 3.80. The zero-order valence-corrected chi connectivity index (χ0v) is 12.7. The van der Waals surface area contributed by atoms with Gasteiger partial charge in [0.25, 0.3) is 0 Å². The van der Waals surface area contributed by atoms with Crippen LogP contribution in [0, 0.1) is 11.5 Å². The third-order valence-corrected chi connectivity index (χ3v) is 1.89. The van der Waals surface area contributed by atoms with E-state index in [4.69, 9.17) is 0 Å². The molecular weight excluding hydrogens is 282 g/mol. The fourth-order valence-corrected chi connectivity index (χ4v) is 1.42. The Morgan fingerprint density at radius 2 is 1.69 bits per heavy atom. The summed E-state index contributed by atoms with van der Waals surface area (Å²) in [7, 11) is 0. The van der Waals surface area contributed by atoms with Crippen molar-refractivity contribution in [3.63, 3.8) is 0 Å². The molecule has 1 aliphatic rings. The molecule has 0 fully saturated rings. The fraction of sp³-hybridized carbons (Fsp3) is 0.600. The molecular formula is C10H17Cl2Zr-. The summed E-state index contributed by atoms with van der Waals surface area (Å²) in [4.78, 5) is 0. The Morgan fingerprint density at radius 1 is 1.23 bits per heavy atom. The molecule has 13 heavy (non-hydrogen) atoms. The summed E-state index contributed by atoms with van der Waals surface area (Å²) < 4.78 is 0. The molecule has 0 saturated carbocycles. The van der Waals surface area contributed by atoms with Gasteiger partial charge in [0.2, 0.25) is 0 Å². The van der Waals surface area contributed by atoms with Gasteiger partial charge >= 0.3 is 0 Å². The first kappa shape index (κ1) is 19.5. The van der Waals surface area contributed by atoms with Gasteiger partial charge in [0.15, 0.2) is 0 Å². The number of rotatable bonds is 0. The average molecular weight is 299 g/mol. The zero-order valence-electron chi connectivity index (χ0n) is 8.60. The SMILES string of the molecule is CC1=[C-]CC=C1C(C)(C)C.Cl.Cl.[Zr]. The van der Waals surface area contributed by atoms with Crippen LogP contribution in [0.25, 0.3) is 0 Å². The van der Waals surface area contributed by atoms with E-state index in [0.29, 0.717) is 5.41 Å². The second-order valence-electron chi connectivity index (χ2n) is 3.87. The van der Waals surface area contributed by atoms with Crippen LogP contribution in [0.4, 0.5) is 0 Å². The minimum absolute atomic E-state index is 0. The topological polar surface area (TPSA) is 0 Å². The Kier molecular flexibility index (Phi) is 10.9. The molecule has 0 unspecified atom stereocenters. The van der Waals surface area contributed by atoms with Crippen molar-refractivity contribution in [1.82, 2.24) is 0 Å². The second kappa shape index (κ2) is 7.26. The van der Waals surface area contributed by atoms with Gasteiger partial charge in [0.1, 0.15) is 0 Å². The molecule has 0 aliphatic heterocycles. The van der Waals surface area contributed by atoms with E-state index in [0.717, 1.165) is 6.42 Å². The summed E-state index contributed by atoms with van der Waals surface area (Å²) in [5.74, 6) is 0. The zero-order chi connectivity index (χ0) is 7.78. The molecule has 1 rings (SSSR count). The van der Waals surface area contributed by atoms with Crippen molar-refractivity contribution < 1.29 is 26.2 Å². The predicted octanol–water partition coefficient (Wildman–Crippen LogP) is 3.95. The van der Waals surface area contributed by atoms with Gasteiger partial charge in [0.05, 0.1) is 0 Å². The second-order valence-corrected chi connectivity index (χ2v) is 3.87. The summed E-state index contributed by atoms with van der Waals surface area (Å²) in [5, 5.41) is 0. The van der Waals surface area contributed by atoms with Gasteiger partial charge in [0, 0.05) is 26.2 Å². The van der Waals surface area contributed by atoms with Gasteiger partial charge in [-0.05, 0) is 0 Å². The molecule has 1 aliphatic carbocycles. The van der Waals surface area contributed by atoms with E-state index >= 15 is 0 Å². The smallest absolute Gasteiger partial charge is 0 e. The van der Waals surface area contributed by atoms with Crippen LogP contribution in [0.1, 0.15) is 34.1 Å². The molecule has 0 heterocycles. The largest absolute Gasteiger partial charge is 0.269 e. The quantitative estimate of drug-likeness (QED) is 0.594. The molecule has 0 aromatic carbocycles. The summed E-state index contributed by atoms with van der Waals surface area (Å²) in [6.45, 7) is 8.88. The van der Waals surface area contributed by atoms with Crippen LogP contribution in [0.15, 0.2) is 17.2 Å². The number of halogens is 2. The molecule has 0 atom stereocenters. The molecule has 0 aromatic heterocycles. The van der Waals surface area contributed by atoms with Gasteiger partial charge in [-0.25, -0.2) is 5.57 Å². The van der Waals surface area contributed by atoms with Crippen molar-refractivity contribution in [2.24, 2.45) is 5.41 Å². The van der Waals surface area contributed by atoms with E-state index in [2.05, 4.69) is 39.8 Å². The van der Waals surface area contributed by atoms with Crippen molar-refractivity contribution in [3.05, 3.63) is 23.3 Å². The van der Waals surface area contributed by atoms with E-state index in [1.165, 1.54) is 11.1 Å². The maximum atomic E-state index is 3.30. The summed E-state index contributed by atoms with van der Waals surface area (Å²) in [5.41, 5.74) is 3.12. The van der Waals surface area contributed by atoms with E-state index in [9.17, 15) is 0 Å². The minimum Gasteiger partial charge on any atom is -0.269 e. The molecule has 0 aromatic rings. The molecule has 76 valence electrons. The van der Waals surface area contributed by atoms with Crippen LogP contribution in [0.5, 0.6) is 0 Å². The van der Waals surface area contributed by atoms with Gasteiger partial charge in [-0.3, -0.25) is 6.08 Å². The summed E-state index contributed by atoms with van der Waals surface area (Å²) in [6, 6.07) is 0. The van der Waals surface area contributed by atoms with Crippen LogP contribution in [0.2, 0.25) is 0 Å². The molecule has 0 amide bonds. The normalized spacial score (nSPS) is 14.5. The van der Waals surface area contributed by atoms with Crippen molar-refractivity contribution in [2.75, 3.05) is 0 Å². The Hall–Kier alpha value is 0.943. The van der Waals surface area contributed by atoms with Gasteiger partial charge in [-0.15, -0.1) is 31.2 Å². The first-order chi connectivity index (χ1) is 4.52. The van der Waals surface area contributed by atoms with E-state index < -0.39 is 0 Å². The molecule has 0 radical (unpaired) electrons. The van der Waals surface area contributed by atoms with Crippen molar-refractivity contribution >= 4 is 24.8 Å². The molecule has 0 bridgehead atoms. The summed E-state index contributed by atoms with van der Waals surface area (Å²) in [6.07, 6.45) is 6.59. The number of hydrogen-bond donors (Lipinski definition) is 0. The van der Waals surface area contributed by atoms with Crippen LogP contribution in [-0.2, 0) is 26.2 Å². The van der Waals surface area contributed by atoms with Crippen LogP contribution < -0.4 is 0 Å². The maximum Gasteiger partial charge on any atom is 0 e. The standard InChI is InChI=1S/C10H15.2ClH.Zr/c1-8-6-5-7-9(8)10(2,3)4;;;/h7H,5H2,1-4H3;2*1H;/q-1;;;. The monoisotopic (exact) mass is 297 g/mol. The third kappa shape index (κ3) is 5.40. The average Bonchev–Trinajstić information content (AvgIpc) is 2.11. The Balaban J connectivity index is -0.000000333. The van der Waals surface area contributed by atoms with E-state index in [-0.39, 0.29) is 51.0 Å².